The molecule has 5 nitrogen and oxygen atoms in total. The molecule has 1 aromatic rings. The number of hydrogen-bond donors (Lipinski definition) is 2. The van der Waals surface area contributed by atoms with Crippen molar-refractivity contribution in [3.8, 4) is 0 Å². The molecule has 112 valence electrons. The monoisotopic (exact) mass is 292 g/mol. The van der Waals surface area contributed by atoms with Gasteiger partial charge in [0, 0.05) is 25.2 Å². The number of fused-ring (bicyclic) bond motifs is 1. The zero-order valence-corrected chi connectivity index (χ0v) is 11.6. The summed E-state index contributed by atoms with van der Waals surface area (Å²) >= 11 is 0. The normalized spacial score (nSPS) is 19.1. The zero-order valence-electron chi connectivity index (χ0n) is 11.6. The summed E-state index contributed by atoms with van der Waals surface area (Å²) in [4.78, 5) is 25.3. The van der Waals surface area contributed by atoms with E-state index >= 15 is 0 Å². The molecule has 0 spiro atoms. The van der Waals surface area contributed by atoms with Gasteiger partial charge in [0.1, 0.15) is 5.82 Å². The number of carbonyl (C=O) groups is 2. The second-order valence-electron chi connectivity index (χ2n) is 5.56. The van der Waals surface area contributed by atoms with Crippen LogP contribution in [0.1, 0.15) is 35.2 Å². The Labute approximate surface area is 121 Å². The van der Waals surface area contributed by atoms with Crippen molar-refractivity contribution in [2.45, 2.75) is 31.8 Å². The molecule has 2 heterocycles. The van der Waals surface area contributed by atoms with E-state index in [9.17, 15) is 19.1 Å². The van der Waals surface area contributed by atoms with Crippen LogP contribution in [0, 0.1) is 5.82 Å². The first kappa shape index (κ1) is 14.0. The van der Waals surface area contributed by atoms with Crippen LogP contribution in [0.4, 0.5) is 10.1 Å². The maximum atomic E-state index is 14.1. The van der Waals surface area contributed by atoms with Gasteiger partial charge in [0.2, 0.25) is 5.91 Å². The van der Waals surface area contributed by atoms with Gasteiger partial charge in [0.05, 0.1) is 11.7 Å². The number of hydrogen-bond acceptors (Lipinski definition) is 3. The van der Waals surface area contributed by atoms with Gasteiger partial charge in [-0.3, -0.25) is 9.59 Å². The molecule has 2 aliphatic heterocycles. The molecule has 0 atom stereocenters. The molecule has 21 heavy (non-hydrogen) atoms. The van der Waals surface area contributed by atoms with Gasteiger partial charge in [-0.1, -0.05) is 0 Å². The van der Waals surface area contributed by atoms with Crippen molar-refractivity contribution in [1.82, 2.24) is 4.90 Å². The van der Waals surface area contributed by atoms with Crippen LogP contribution in [0.15, 0.2) is 12.1 Å². The van der Waals surface area contributed by atoms with Gasteiger partial charge in [0.15, 0.2) is 0 Å². The van der Waals surface area contributed by atoms with Crippen LogP contribution in [-0.2, 0) is 11.2 Å². The van der Waals surface area contributed by atoms with E-state index < -0.39 is 5.82 Å². The summed E-state index contributed by atoms with van der Waals surface area (Å²) in [5, 5.41) is 12.1. The molecular weight excluding hydrogens is 275 g/mol. The Morgan fingerprint density at radius 1 is 1.29 bits per heavy atom. The number of anilines is 1. The molecule has 2 aliphatic rings. The van der Waals surface area contributed by atoms with Gasteiger partial charge in [-0.05, 0) is 37.0 Å². The molecule has 1 aromatic carbocycles. The zero-order chi connectivity index (χ0) is 15.0. The van der Waals surface area contributed by atoms with Gasteiger partial charge >= 0.3 is 0 Å². The van der Waals surface area contributed by atoms with Crippen molar-refractivity contribution >= 4 is 17.5 Å². The van der Waals surface area contributed by atoms with Crippen LogP contribution in [0.5, 0.6) is 0 Å². The van der Waals surface area contributed by atoms with E-state index in [0.29, 0.717) is 44.5 Å². The van der Waals surface area contributed by atoms with E-state index in [1.54, 1.807) is 4.90 Å². The number of aliphatic hydroxyl groups excluding tert-OH is 1. The highest BCUT2D eigenvalue weighted by Gasteiger charge is 2.26. The number of likely N-dealkylation sites (tertiary alicyclic amines) is 1. The lowest BCUT2D eigenvalue weighted by molar-refractivity contribution is -0.116. The third-order valence-corrected chi connectivity index (χ3v) is 4.07. The van der Waals surface area contributed by atoms with Crippen LogP contribution < -0.4 is 5.32 Å². The Kier molecular flexibility index (Phi) is 3.63. The summed E-state index contributed by atoms with van der Waals surface area (Å²) in [6.45, 7) is 0.876. The fraction of sp³-hybridized carbons (Fsp3) is 0.467. The molecule has 3 rings (SSSR count). The summed E-state index contributed by atoms with van der Waals surface area (Å²) < 4.78 is 14.1. The largest absolute Gasteiger partial charge is 0.393 e. The number of benzene rings is 1. The van der Waals surface area contributed by atoms with Crippen molar-refractivity contribution in [3.63, 3.8) is 0 Å². The molecule has 1 fully saturated rings. The maximum absolute atomic E-state index is 14.1. The molecule has 0 bridgehead atoms. The fourth-order valence-electron chi connectivity index (χ4n) is 2.81. The van der Waals surface area contributed by atoms with E-state index in [1.165, 1.54) is 12.1 Å². The molecule has 0 unspecified atom stereocenters. The first-order chi connectivity index (χ1) is 10.0. The first-order valence-corrected chi connectivity index (χ1v) is 7.14. The van der Waals surface area contributed by atoms with E-state index in [4.69, 9.17) is 0 Å². The van der Waals surface area contributed by atoms with Crippen LogP contribution >= 0.6 is 0 Å². The molecule has 2 amide bonds. The predicted octanol–water partition coefficient (Wildman–Crippen LogP) is 1.31. The van der Waals surface area contributed by atoms with Crippen molar-refractivity contribution in [2.24, 2.45) is 0 Å². The van der Waals surface area contributed by atoms with E-state index in [-0.39, 0.29) is 23.5 Å². The second kappa shape index (κ2) is 5.44. The van der Waals surface area contributed by atoms with Gasteiger partial charge in [-0.25, -0.2) is 4.39 Å². The number of amides is 2. The maximum Gasteiger partial charge on any atom is 0.256 e. The number of aryl methyl sites for hydroxylation is 1. The molecule has 0 aromatic heterocycles. The number of rotatable bonds is 1. The quantitative estimate of drug-likeness (QED) is 0.820. The minimum absolute atomic E-state index is 0.0429. The summed E-state index contributed by atoms with van der Waals surface area (Å²) in [7, 11) is 0. The Hall–Kier alpha value is -1.95. The van der Waals surface area contributed by atoms with Crippen molar-refractivity contribution < 1.29 is 19.1 Å². The van der Waals surface area contributed by atoms with Gasteiger partial charge in [-0.2, -0.15) is 0 Å². The summed E-state index contributed by atoms with van der Waals surface area (Å²) in [6.07, 6.45) is 1.53. The summed E-state index contributed by atoms with van der Waals surface area (Å²) in [5.74, 6) is -1.10. The Bertz CT molecular complexity index is 595. The predicted molar refractivity (Wildman–Crippen MR) is 74.5 cm³/mol. The Balaban J connectivity index is 1.85. The summed E-state index contributed by atoms with van der Waals surface area (Å²) in [6, 6.07) is 2.76. The van der Waals surface area contributed by atoms with Crippen molar-refractivity contribution in [1.29, 1.82) is 0 Å². The number of carbonyl (C=O) groups excluding carboxylic acids is 2. The SMILES string of the molecule is O=C1CCc2cc(C(=O)N3CCC(O)CC3)c(F)cc2N1. The van der Waals surface area contributed by atoms with E-state index in [1.807, 2.05) is 0 Å². The van der Waals surface area contributed by atoms with Crippen LogP contribution in [-0.4, -0.2) is 41.0 Å². The minimum Gasteiger partial charge on any atom is -0.393 e. The Morgan fingerprint density at radius 2 is 2.00 bits per heavy atom. The lowest BCUT2D eigenvalue weighted by atomic mass is 9.98. The molecular formula is C15H17FN2O3. The average molecular weight is 292 g/mol. The minimum atomic E-state index is -0.618. The first-order valence-electron chi connectivity index (χ1n) is 7.14. The highest BCUT2D eigenvalue weighted by atomic mass is 19.1. The van der Waals surface area contributed by atoms with Gasteiger partial charge < -0.3 is 15.3 Å². The number of aliphatic hydroxyl groups is 1. The topological polar surface area (TPSA) is 69.6 Å². The molecule has 2 N–H and O–H groups in total. The molecule has 1 saturated heterocycles. The molecule has 0 saturated carbocycles. The highest BCUT2D eigenvalue weighted by Crippen LogP contribution is 2.27. The lowest BCUT2D eigenvalue weighted by Gasteiger charge is -2.30. The lowest BCUT2D eigenvalue weighted by Crippen LogP contribution is -2.40. The second-order valence-corrected chi connectivity index (χ2v) is 5.56. The van der Waals surface area contributed by atoms with E-state index in [2.05, 4.69) is 5.32 Å². The van der Waals surface area contributed by atoms with Gasteiger partial charge in [0.25, 0.3) is 5.91 Å². The van der Waals surface area contributed by atoms with Crippen LogP contribution in [0.2, 0.25) is 0 Å². The third kappa shape index (κ3) is 2.76. The molecule has 0 aliphatic carbocycles. The molecule has 0 radical (unpaired) electrons. The standard InChI is InChI=1S/C15H17FN2O3/c16-12-8-13-9(1-2-14(20)17-13)7-11(12)15(21)18-5-3-10(19)4-6-18/h7-8,10,19H,1-6H2,(H,17,20). The number of halogens is 1. The van der Waals surface area contributed by atoms with E-state index in [0.717, 1.165) is 5.56 Å². The van der Waals surface area contributed by atoms with Crippen molar-refractivity contribution in [3.05, 3.63) is 29.1 Å². The fourth-order valence-corrected chi connectivity index (χ4v) is 2.81. The van der Waals surface area contributed by atoms with Crippen LogP contribution in [0.3, 0.4) is 0 Å². The number of piperidine rings is 1. The Morgan fingerprint density at radius 3 is 2.71 bits per heavy atom. The average Bonchev–Trinajstić information content (AvgIpc) is 2.46. The van der Waals surface area contributed by atoms with Gasteiger partial charge in [-0.15, -0.1) is 0 Å². The number of nitrogens with zero attached hydrogens (tertiary/aromatic N) is 1. The highest BCUT2D eigenvalue weighted by molar-refractivity contribution is 5.98. The number of nitrogens with one attached hydrogen (secondary N) is 1. The molecule has 6 heteroatoms. The van der Waals surface area contributed by atoms with Crippen molar-refractivity contribution in [2.75, 3.05) is 18.4 Å². The van der Waals surface area contributed by atoms with Crippen LogP contribution in [0.25, 0.3) is 0 Å². The smallest absolute Gasteiger partial charge is 0.256 e. The summed E-state index contributed by atoms with van der Waals surface area (Å²) in [5.41, 5.74) is 1.28. The third-order valence-electron chi connectivity index (χ3n) is 4.07.